The van der Waals surface area contributed by atoms with Gasteiger partial charge in [0.25, 0.3) is 5.91 Å². The average molecular weight is 377 g/mol. The Hall–Kier alpha value is -3.61. The molecular formula is C21H20FN5O. The molecule has 0 fully saturated rings. The zero-order valence-corrected chi connectivity index (χ0v) is 15.2. The highest BCUT2D eigenvalue weighted by atomic mass is 19.1. The number of hydrogen-bond donors (Lipinski definition) is 3. The van der Waals surface area contributed by atoms with E-state index in [-0.39, 0.29) is 11.7 Å². The first-order valence-electron chi connectivity index (χ1n) is 9.07. The van der Waals surface area contributed by atoms with Crippen molar-refractivity contribution in [3.05, 3.63) is 78.8 Å². The smallest absolute Gasteiger partial charge is 0.257 e. The molecule has 3 aromatic rings. The molecule has 6 nitrogen and oxygen atoms in total. The van der Waals surface area contributed by atoms with Crippen LogP contribution in [-0.2, 0) is 11.3 Å². The molecule has 0 spiro atoms. The van der Waals surface area contributed by atoms with Crippen molar-refractivity contribution in [3.63, 3.8) is 0 Å². The van der Waals surface area contributed by atoms with Crippen LogP contribution in [0.3, 0.4) is 0 Å². The number of amides is 1. The lowest BCUT2D eigenvalue weighted by atomic mass is 10.1. The predicted molar refractivity (Wildman–Crippen MR) is 108 cm³/mol. The summed E-state index contributed by atoms with van der Waals surface area (Å²) in [4.78, 5) is 16.1. The van der Waals surface area contributed by atoms with E-state index in [0.717, 1.165) is 24.2 Å². The molecule has 0 radical (unpaired) electrons. The second kappa shape index (κ2) is 7.96. The summed E-state index contributed by atoms with van der Waals surface area (Å²) in [5, 5.41) is 8.92. The number of fused-ring (bicyclic) bond motifs is 1. The van der Waals surface area contributed by atoms with Gasteiger partial charge in [-0.05, 0) is 30.7 Å². The Balaban J connectivity index is 1.36. The van der Waals surface area contributed by atoms with Gasteiger partial charge in [-0.15, -0.1) is 0 Å². The topological polar surface area (TPSA) is 71.0 Å². The van der Waals surface area contributed by atoms with Crippen LogP contribution in [0.4, 0.5) is 21.5 Å². The number of nitrogens with zero attached hydrogens (tertiary/aromatic N) is 2. The molecule has 142 valence electrons. The van der Waals surface area contributed by atoms with Gasteiger partial charge in [-0.25, -0.2) is 9.37 Å². The molecule has 0 saturated heterocycles. The van der Waals surface area contributed by atoms with Crippen LogP contribution >= 0.6 is 0 Å². The third-order valence-electron chi connectivity index (χ3n) is 4.53. The van der Waals surface area contributed by atoms with Gasteiger partial charge >= 0.3 is 0 Å². The molecule has 1 aromatic heterocycles. The lowest BCUT2D eigenvalue weighted by Crippen LogP contribution is -2.07. The number of para-hydroxylation sites is 1. The predicted octanol–water partition coefficient (Wildman–Crippen LogP) is 3.93. The number of halogens is 1. The van der Waals surface area contributed by atoms with Crippen molar-refractivity contribution < 1.29 is 9.18 Å². The summed E-state index contributed by atoms with van der Waals surface area (Å²) >= 11 is 0. The third-order valence-corrected chi connectivity index (χ3v) is 4.53. The van der Waals surface area contributed by atoms with E-state index in [1.54, 1.807) is 30.9 Å². The van der Waals surface area contributed by atoms with Crippen LogP contribution in [0.15, 0.2) is 67.4 Å². The number of rotatable bonds is 7. The number of anilines is 3. The van der Waals surface area contributed by atoms with E-state index in [4.69, 9.17) is 0 Å². The summed E-state index contributed by atoms with van der Waals surface area (Å²) in [7, 11) is 0. The fraction of sp³-hybridized carbons (Fsp3) is 0.143. The number of imidazole rings is 1. The molecule has 0 atom stereocenters. The van der Waals surface area contributed by atoms with Crippen molar-refractivity contribution in [3.8, 4) is 0 Å². The van der Waals surface area contributed by atoms with E-state index in [0.29, 0.717) is 23.5 Å². The molecule has 0 unspecified atom stereocenters. The number of benzene rings is 2. The van der Waals surface area contributed by atoms with E-state index < -0.39 is 0 Å². The normalized spacial score (nSPS) is 14.0. The lowest BCUT2D eigenvalue weighted by molar-refractivity contribution is -0.110. The van der Waals surface area contributed by atoms with Crippen LogP contribution in [0.1, 0.15) is 12.0 Å². The van der Waals surface area contributed by atoms with Crippen molar-refractivity contribution in [2.45, 2.75) is 13.0 Å². The summed E-state index contributed by atoms with van der Waals surface area (Å²) < 4.78 is 16.3. The van der Waals surface area contributed by atoms with E-state index in [2.05, 4.69) is 20.9 Å². The molecule has 0 bridgehead atoms. The summed E-state index contributed by atoms with van der Waals surface area (Å²) in [6, 6.07) is 12.3. The monoisotopic (exact) mass is 377 g/mol. The maximum absolute atomic E-state index is 14.3. The van der Waals surface area contributed by atoms with Crippen molar-refractivity contribution in [1.29, 1.82) is 0 Å². The highest BCUT2D eigenvalue weighted by Gasteiger charge is 2.23. The number of carbonyl (C=O) groups excluding carboxylic acids is 1. The summed E-state index contributed by atoms with van der Waals surface area (Å²) in [6.07, 6.45) is 7.86. The number of aryl methyl sites for hydroxylation is 1. The van der Waals surface area contributed by atoms with Crippen LogP contribution in [0.25, 0.3) is 5.57 Å². The van der Waals surface area contributed by atoms with Crippen molar-refractivity contribution >= 4 is 28.5 Å². The Kier molecular flexibility index (Phi) is 5.05. The molecule has 7 heteroatoms. The van der Waals surface area contributed by atoms with Gasteiger partial charge in [-0.2, -0.15) is 0 Å². The molecule has 3 N–H and O–H groups in total. The quantitative estimate of drug-likeness (QED) is 0.431. The Bertz CT molecular complexity index is 1010. The Morgan fingerprint density at radius 1 is 1.21 bits per heavy atom. The zero-order chi connectivity index (χ0) is 19.3. The first-order chi connectivity index (χ1) is 13.7. The van der Waals surface area contributed by atoms with Crippen LogP contribution in [-0.4, -0.2) is 22.0 Å². The Labute approximate surface area is 162 Å². The standard InChI is InChI=1S/C21H20FN5O/c22-18-12-15(6-7-20(18)24-8-3-10-27-11-9-23-14-27)25-13-17-16-4-1-2-5-19(16)26-21(17)28/h1-2,4-7,9,11-14,24-25H,3,8,10H2,(H,26,28)/b17-13-. The molecule has 1 aliphatic heterocycles. The Morgan fingerprint density at radius 3 is 2.93 bits per heavy atom. The molecule has 0 aliphatic carbocycles. The molecule has 4 rings (SSSR count). The van der Waals surface area contributed by atoms with Gasteiger partial charge < -0.3 is 20.5 Å². The lowest BCUT2D eigenvalue weighted by Gasteiger charge is -2.10. The van der Waals surface area contributed by atoms with Gasteiger partial charge in [0.1, 0.15) is 5.82 Å². The van der Waals surface area contributed by atoms with E-state index in [1.165, 1.54) is 6.07 Å². The first kappa shape index (κ1) is 17.8. The van der Waals surface area contributed by atoms with Crippen molar-refractivity contribution in [2.24, 2.45) is 0 Å². The minimum absolute atomic E-state index is 0.176. The first-order valence-corrected chi connectivity index (χ1v) is 9.07. The SMILES string of the molecule is O=C1Nc2ccccc2/C1=C/Nc1ccc(NCCCn2ccnc2)c(F)c1. The van der Waals surface area contributed by atoms with E-state index >= 15 is 0 Å². The van der Waals surface area contributed by atoms with Crippen molar-refractivity contribution in [2.75, 3.05) is 22.5 Å². The molecular weight excluding hydrogens is 357 g/mol. The van der Waals surface area contributed by atoms with Crippen LogP contribution < -0.4 is 16.0 Å². The molecule has 2 aromatic carbocycles. The molecule has 28 heavy (non-hydrogen) atoms. The van der Waals surface area contributed by atoms with E-state index in [9.17, 15) is 9.18 Å². The number of hydrogen-bond acceptors (Lipinski definition) is 4. The molecule has 2 heterocycles. The summed E-state index contributed by atoms with van der Waals surface area (Å²) in [5.74, 6) is -0.521. The number of nitrogens with one attached hydrogen (secondary N) is 3. The van der Waals surface area contributed by atoms with E-state index in [1.807, 2.05) is 35.0 Å². The van der Waals surface area contributed by atoms with Crippen LogP contribution in [0, 0.1) is 5.82 Å². The van der Waals surface area contributed by atoms with Crippen LogP contribution in [0.2, 0.25) is 0 Å². The Morgan fingerprint density at radius 2 is 2.11 bits per heavy atom. The van der Waals surface area contributed by atoms with Gasteiger partial charge in [0.05, 0.1) is 17.6 Å². The third kappa shape index (κ3) is 3.88. The minimum atomic E-state index is -0.345. The maximum Gasteiger partial charge on any atom is 0.257 e. The van der Waals surface area contributed by atoms with Gasteiger partial charge in [-0.3, -0.25) is 4.79 Å². The minimum Gasteiger partial charge on any atom is -0.383 e. The van der Waals surface area contributed by atoms with Gasteiger partial charge in [0, 0.05) is 48.6 Å². The second-order valence-corrected chi connectivity index (χ2v) is 6.48. The molecule has 1 aliphatic rings. The zero-order valence-electron chi connectivity index (χ0n) is 15.2. The fourth-order valence-electron chi connectivity index (χ4n) is 3.09. The van der Waals surface area contributed by atoms with Crippen molar-refractivity contribution in [1.82, 2.24) is 9.55 Å². The summed E-state index contributed by atoms with van der Waals surface area (Å²) in [5.41, 5.74) is 3.16. The van der Waals surface area contributed by atoms with Crippen LogP contribution in [0.5, 0.6) is 0 Å². The number of aromatic nitrogens is 2. The van der Waals surface area contributed by atoms with Gasteiger partial charge in [0.15, 0.2) is 0 Å². The maximum atomic E-state index is 14.3. The number of carbonyl (C=O) groups is 1. The largest absolute Gasteiger partial charge is 0.383 e. The highest BCUT2D eigenvalue weighted by molar-refractivity contribution is 6.31. The summed E-state index contributed by atoms with van der Waals surface area (Å²) in [6.45, 7) is 1.48. The molecule has 1 amide bonds. The molecule has 0 saturated carbocycles. The fourth-order valence-corrected chi connectivity index (χ4v) is 3.09. The van der Waals surface area contributed by atoms with Gasteiger partial charge in [-0.1, -0.05) is 18.2 Å². The average Bonchev–Trinajstić information content (AvgIpc) is 3.32. The second-order valence-electron chi connectivity index (χ2n) is 6.48. The highest BCUT2D eigenvalue weighted by Crippen LogP contribution is 2.31. The van der Waals surface area contributed by atoms with Gasteiger partial charge in [0.2, 0.25) is 0 Å².